The second-order valence-corrected chi connectivity index (χ2v) is 7.57. The number of benzene rings is 2. The van der Waals surface area contributed by atoms with Gasteiger partial charge in [-0.1, -0.05) is 29.8 Å². The fraction of sp³-hybridized carbons (Fsp3) is 0.105. The van der Waals surface area contributed by atoms with Gasteiger partial charge in [-0.05, 0) is 42.5 Å². The predicted molar refractivity (Wildman–Crippen MR) is 104 cm³/mol. The van der Waals surface area contributed by atoms with E-state index in [9.17, 15) is 8.42 Å². The van der Waals surface area contributed by atoms with Gasteiger partial charge in [-0.25, -0.2) is 8.42 Å². The number of pyridine rings is 1. The molecule has 140 valence electrons. The summed E-state index contributed by atoms with van der Waals surface area (Å²) in [6.07, 6.45) is 1.68. The minimum atomic E-state index is -3.83. The Labute approximate surface area is 162 Å². The van der Waals surface area contributed by atoms with Crippen LogP contribution in [0.15, 0.2) is 71.8 Å². The Morgan fingerprint density at radius 2 is 1.81 bits per heavy atom. The Balaban J connectivity index is 1.75. The van der Waals surface area contributed by atoms with Gasteiger partial charge in [0.25, 0.3) is 10.0 Å². The molecule has 0 fully saturated rings. The van der Waals surface area contributed by atoms with Crippen LogP contribution in [0.1, 0.15) is 5.69 Å². The standard InChI is InChI=1S/C19H17ClN2O4S/c1-25-18-7-2-3-8-19(18)27(23,24)22-14-9-10-17(16(20)12-14)26-13-15-6-4-5-11-21-15/h2-12,22H,13H2,1H3. The van der Waals surface area contributed by atoms with E-state index < -0.39 is 10.0 Å². The molecule has 0 spiro atoms. The molecule has 1 heterocycles. The van der Waals surface area contributed by atoms with Crippen LogP contribution in [0, 0.1) is 0 Å². The number of hydrogen-bond donors (Lipinski definition) is 1. The average Bonchev–Trinajstić information content (AvgIpc) is 2.68. The Hall–Kier alpha value is -2.77. The summed E-state index contributed by atoms with van der Waals surface area (Å²) >= 11 is 6.22. The summed E-state index contributed by atoms with van der Waals surface area (Å²) in [5, 5.41) is 0.283. The molecule has 0 atom stereocenters. The molecule has 1 aromatic heterocycles. The molecule has 0 aliphatic heterocycles. The van der Waals surface area contributed by atoms with Crippen LogP contribution < -0.4 is 14.2 Å². The van der Waals surface area contributed by atoms with Crippen LogP contribution in [-0.2, 0) is 16.6 Å². The quantitative estimate of drug-likeness (QED) is 0.640. The van der Waals surface area contributed by atoms with E-state index >= 15 is 0 Å². The molecule has 3 aromatic rings. The summed E-state index contributed by atoms with van der Waals surface area (Å²) in [6, 6.07) is 16.6. The zero-order valence-electron chi connectivity index (χ0n) is 14.4. The monoisotopic (exact) mass is 404 g/mol. The van der Waals surface area contributed by atoms with Crippen LogP contribution in [0.4, 0.5) is 5.69 Å². The van der Waals surface area contributed by atoms with Crippen molar-refractivity contribution < 1.29 is 17.9 Å². The normalized spacial score (nSPS) is 11.0. The second kappa shape index (κ2) is 8.28. The van der Waals surface area contributed by atoms with E-state index in [0.29, 0.717) is 11.4 Å². The molecular weight excluding hydrogens is 388 g/mol. The van der Waals surface area contributed by atoms with E-state index in [0.717, 1.165) is 5.69 Å². The van der Waals surface area contributed by atoms with Crippen LogP contribution in [0.3, 0.4) is 0 Å². The largest absolute Gasteiger partial charge is 0.495 e. The van der Waals surface area contributed by atoms with Crippen molar-refractivity contribution in [2.45, 2.75) is 11.5 Å². The van der Waals surface area contributed by atoms with Crippen molar-refractivity contribution in [3.63, 3.8) is 0 Å². The molecule has 0 saturated heterocycles. The molecule has 0 aliphatic carbocycles. The van der Waals surface area contributed by atoms with Gasteiger partial charge in [-0.3, -0.25) is 9.71 Å². The lowest BCUT2D eigenvalue weighted by Crippen LogP contribution is -2.14. The number of hydrogen-bond acceptors (Lipinski definition) is 5. The summed E-state index contributed by atoms with van der Waals surface area (Å²) in [6.45, 7) is 0.257. The molecule has 6 nitrogen and oxygen atoms in total. The SMILES string of the molecule is COc1ccccc1S(=O)(=O)Nc1ccc(OCc2ccccn2)c(Cl)c1. The number of rotatable bonds is 7. The number of aromatic nitrogens is 1. The molecule has 1 N–H and O–H groups in total. The maximum absolute atomic E-state index is 12.6. The topological polar surface area (TPSA) is 77.5 Å². The Kier molecular flexibility index (Phi) is 5.83. The van der Waals surface area contributed by atoms with E-state index in [1.54, 1.807) is 36.5 Å². The summed E-state index contributed by atoms with van der Waals surface area (Å²) in [4.78, 5) is 4.21. The van der Waals surface area contributed by atoms with Gasteiger partial charge in [0, 0.05) is 6.20 Å². The second-order valence-electron chi connectivity index (χ2n) is 5.51. The highest BCUT2D eigenvalue weighted by Crippen LogP contribution is 2.30. The molecular formula is C19H17ClN2O4S. The fourth-order valence-electron chi connectivity index (χ4n) is 2.37. The number of ether oxygens (including phenoxy) is 2. The number of para-hydroxylation sites is 1. The minimum absolute atomic E-state index is 0.0408. The first kappa shape index (κ1) is 19.0. The lowest BCUT2D eigenvalue weighted by atomic mass is 10.3. The van der Waals surface area contributed by atoms with Gasteiger partial charge in [0.1, 0.15) is 23.0 Å². The van der Waals surface area contributed by atoms with Gasteiger partial charge >= 0.3 is 0 Å². The molecule has 0 saturated carbocycles. The van der Waals surface area contributed by atoms with Gasteiger partial charge in [0.2, 0.25) is 0 Å². The van der Waals surface area contributed by atoms with Crippen molar-refractivity contribution in [1.82, 2.24) is 4.98 Å². The Morgan fingerprint density at radius 3 is 2.52 bits per heavy atom. The average molecular weight is 405 g/mol. The third-order valence-electron chi connectivity index (χ3n) is 3.64. The van der Waals surface area contributed by atoms with Crippen molar-refractivity contribution in [3.8, 4) is 11.5 Å². The molecule has 0 amide bonds. The molecule has 0 unspecified atom stereocenters. The third kappa shape index (κ3) is 4.69. The highest BCUT2D eigenvalue weighted by Gasteiger charge is 2.19. The number of nitrogens with zero attached hydrogens (tertiary/aromatic N) is 1. The number of nitrogens with one attached hydrogen (secondary N) is 1. The molecule has 0 aliphatic rings. The van der Waals surface area contributed by atoms with E-state index in [1.165, 1.54) is 19.2 Å². The highest BCUT2D eigenvalue weighted by molar-refractivity contribution is 7.92. The van der Waals surface area contributed by atoms with E-state index in [4.69, 9.17) is 21.1 Å². The molecule has 0 radical (unpaired) electrons. The zero-order valence-corrected chi connectivity index (χ0v) is 16.0. The van der Waals surface area contributed by atoms with Crippen molar-refractivity contribution in [2.24, 2.45) is 0 Å². The van der Waals surface area contributed by atoms with Crippen LogP contribution in [0.2, 0.25) is 5.02 Å². The number of anilines is 1. The summed E-state index contributed by atoms with van der Waals surface area (Å²) < 4.78 is 38.5. The summed E-state index contributed by atoms with van der Waals surface area (Å²) in [5.74, 6) is 0.689. The predicted octanol–water partition coefficient (Wildman–Crippen LogP) is 4.12. The zero-order chi connectivity index (χ0) is 19.3. The molecule has 27 heavy (non-hydrogen) atoms. The summed E-state index contributed by atoms with van der Waals surface area (Å²) in [5.41, 5.74) is 1.07. The summed E-state index contributed by atoms with van der Waals surface area (Å²) in [7, 11) is -2.41. The van der Waals surface area contributed by atoms with Crippen LogP contribution in [0.25, 0.3) is 0 Å². The van der Waals surface area contributed by atoms with Crippen molar-refractivity contribution >= 4 is 27.3 Å². The maximum atomic E-state index is 12.6. The Morgan fingerprint density at radius 1 is 1.04 bits per heavy atom. The minimum Gasteiger partial charge on any atom is -0.495 e. The highest BCUT2D eigenvalue weighted by atomic mass is 35.5. The van der Waals surface area contributed by atoms with Gasteiger partial charge < -0.3 is 9.47 Å². The molecule has 3 rings (SSSR count). The fourth-order valence-corrected chi connectivity index (χ4v) is 3.82. The first-order valence-corrected chi connectivity index (χ1v) is 9.84. The molecule has 2 aromatic carbocycles. The lowest BCUT2D eigenvalue weighted by molar-refractivity contribution is 0.301. The van der Waals surface area contributed by atoms with Crippen LogP contribution >= 0.6 is 11.6 Å². The number of halogens is 1. The van der Waals surface area contributed by atoms with Crippen molar-refractivity contribution in [1.29, 1.82) is 0 Å². The first-order valence-electron chi connectivity index (χ1n) is 7.98. The van der Waals surface area contributed by atoms with Crippen molar-refractivity contribution in [3.05, 3.63) is 77.6 Å². The maximum Gasteiger partial charge on any atom is 0.265 e. The third-order valence-corrected chi connectivity index (χ3v) is 5.36. The van der Waals surface area contributed by atoms with E-state index in [1.807, 2.05) is 18.2 Å². The van der Waals surface area contributed by atoms with Crippen LogP contribution in [-0.4, -0.2) is 20.5 Å². The van der Waals surface area contributed by atoms with E-state index in [-0.39, 0.29) is 22.3 Å². The number of methoxy groups -OCH3 is 1. The lowest BCUT2D eigenvalue weighted by Gasteiger charge is -2.13. The van der Waals surface area contributed by atoms with E-state index in [2.05, 4.69) is 9.71 Å². The number of sulfonamides is 1. The van der Waals surface area contributed by atoms with Gasteiger partial charge in [0.15, 0.2) is 0 Å². The Bertz CT molecular complexity index is 1030. The van der Waals surface area contributed by atoms with Gasteiger partial charge in [-0.15, -0.1) is 0 Å². The molecule has 8 heteroatoms. The first-order chi connectivity index (χ1) is 13.0. The molecule has 0 bridgehead atoms. The van der Waals surface area contributed by atoms with Gasteiger partial charge in [0.05, 0.1) is 23.5 Å². The van der Waals surface area contributed by atoms with Crippen LogP contribution in [0.5, 0.6) is 11.5 Å². The van der Waals surface area contributed by atoms with Gasteiger partial charge in [-0.2, -0.15) is 0 Å². The smallest absolute Gasteiger partial charge is 0.265 e. The van der Waals surface area contributed by atoms with Crippen molar-refractivity contribution in [2.75, 3.05) is 11.8 Å².